The highest BCUT2D eigenvalue weighted by Crippen LogP contribution is 2.39. The summed E-state index contributed by atoms with van der Waals surface area (Å²) in [4.78, 5) is 11.7. The van der Waals surface area contributed by atoms with E-state index in [1.54, 1.807) is 0 Å². The van der Waals surface area contributed by atoms with E-state index in [9.17, 15) is 0 Å². The van der Waals surface area contributed by atoms with Gasteiger partial charge in [0.25, 0.3) is 0 Å². The third-order valence-corrected chi connectivity index (χ3v) is 3.92. The molecule has 1 saturated heterocycles. The van der Waals surface area contributed by atoms with E-state index in [4.69, 9.17) is 9.72 Å². The van der Waals surface area contributed by atoms with Crippen molar-refractivity contribution in [3.63, 3.8) is 0 Å². The summed E-state index contributed by atoms with van der Waals surface area (Å²) in [5, 5.41) is 3.15. The lowest BCUT2D eigenvalue weighted by atomic mass is 10.2. The SMILES string of the molecule is CCC1COCCN1c1cc(NC)nc(C2CC2)n1. The van der Waals surface area contributed by atoms with Crippen molar-refractivity contribution in [2.75, 3.05) is 37.0 Å². The third kappa shape index (κ3) is 2.66. The first kappa shape index (κ1) is 12.7. The van der Waals surface area contributed by atoms with E-state index < -0.39 is 0 Å². The molecular formula is C14H22N4O. The van der Waals surface area contributed by atoms with Gasteiger partial charge in [0.2, 0.25) is 0 Å². The van der Waals surface area contributed by atoms with Crippen LogP contribution in [-0.4, -0.2) is 42.8 Å². The van der Waals surface area contributed by atoms with Gasteiger partial charge in [0.15, 0.2) is 0 Å². The first-order chi connectivity index (χ1) is 9.31. The molecule has 3 rings (SSSR count). The number of rotatable bonds is 4. The van der Waals surface area contributed by atoms with Crippen LogP contribution in [-0.2, 0) is 4.74 Å². The zero-order valence-electron chi connectivity index (χ0n) is 11.7. The highest BCUT2D eigenvalue weighted by molar-refractivity contribution is 5.50. The van der Waals surface area contributed by atoms with Gasteiger partial charge in [0.1, 0.15) is 17.5 Å². The Hall–Kier alpha value is -1.36. The Morgan fingerprint density at radius 1 is 1.42 bits per heavy atom. The molecule has 1 aromatic heterocycles. The molecule has 5 heteroatoms. The van der Waals surface area contributed by atoms with E-state index in [0.29, 0.717) is 12.0 Å². The van der Waals surface area contributed by atoms with Gasteiger partial charge in [-0.05, 0) is 19.3 Å². The molecule has 0 radical (unpaired) electrons. The molecule has 1 unspecified atom stereocenters. The highest BCUT2D eigenvalue weighted by atomic mass is 16.5. The number of hydrogen-bond acceptors (Lipinski definition) is 5. The summed E-state index contributed by atoms with van der Waals surface area (Å²) in [5.41, 5.74) is 0. The van der Waals surface area contributed by atoms with Crippen LogP contribution in [0.1, 0.15) is 37.9 Å². The fraction of sp³-hybridized carbons (Fsp3) is 0.714. The number of nitrogens with zero attached hydrogens (tertiary/aromatic N) is 3. The molecule has 1 aliphatic heterocycles. The lowest BCUT2D eigenvalue weighted by Gasteiger charge is -2.36. The van der Waals surface area contributed by atoms with Crippen molar-refractivity contribution in [1.29, 1.82) is 0 Å². The summed E-state index contributed by atoms with van der Waals surface area (Å²) < 4.78 is 5.57. The van der Waals surface area contributed by atoms with Gasteiger partial charge in [-0.3, -0.25) is 0 Å². The predicted octanol–water partition coefficient (Wildman–Crippen LogP) is 2.01. The number of nitrogens with one attached hydrogen (secondary N) is 1. The van der Waals surface area contributed by atoms with Gasteiger partial charge in [0, 0.05) is 25.6 Å². The molecule has 104 valence electrons. The van der Waals surface area contributed by atoms with Crippen LogP contribution in [0.4, 0.5) is 11.6 Å². The zero-order valence-corrected chi connectivity index (χ0v) is 11.7. The molecule has 2 heterocycles. The Morgan fingerprint density at radius 3 is 2.95 bits per heavy atom. The fourth-order valence-corrected chi connectivity index (χ4v) is 2.55. The summed E-state index contributed by atoms with van der Waals surface area (Å²) in [6, 6.07) is 2.49. The molecule has 0 amide bonds. The minimum absolute atomic E-state index is 0.431. The quantitative estimate of drug-likeness (QED) is 0.899. The minimum atomic E-state index is 0.431. The van der Waals surface area contributed by atoms with Gasteiger partial charge in [0.05, 0.1) is 19.3 Å². The van der Waals surface area contributed by atoms with Crippen molar-refractivity contribution in [2.24, 2.45) is 0 Å². The van der Waals surface area contributed by atoms with Crippen LogP contribution in [0.15, 0.2) is 6.07 Å². The van der Waals surface area contributed by atoms with Gasteiger partial charge < -0.3 is 15.0 Å². The van der Waals surface area contributed by atoms with Gasteiger partial charge >= 0.3 is 0 Å². The average molecular weight is 262 g/mol. The van der Waals surface area contributed by atoms with Gasteiger partial charge in [-0.15, -0.1) is 0 Å². The number of anilines is 2. The number of morpholine rings is 1. The van der Waals surface area contributed by atoms with Crippen molar-refractivity contribution in [3.05, 3.63) is 11.9 Å². The summed E-state index contributed by atoms with van der Waals surface area (Å²) in [6.45, 7) is 4.71. The number of ether oxygens (including phenoxy) is 1. The lowest BCUT2D eigenvalue weighted by molar-refractivity contribution is 0.0925. The zero-order chi connectivity index (χ0) is 13.2. The van der Waals surface area contributed by atoms with Crippen molar-refractivity contribution in [1.82, 2.24) is 9.97 Å². The average Bonchev–Trinajstić information content (AvgIpc) is 3.31. The summed E-state index contributed by atoms with van der Waals surface area (Å²) >= 11 is 0. The smallest absolute Gasteiger partial charge is 0.136 e. The molecule has 0 spiro atoms. The van der Waals surface area contributed by atoms with Crippen LogP contribution in [0.5, 0.6) is 0 Å². The van der Waals surface area contributed by atoms with Crippen LogP contribution in [0.2, 0.25) is 0 Å². The summed E-state index contributed by atoms with van der Waals surface area (Å²) in [6.07, 6.45) is 3.54. The Labute approximate surface area is 114 Å². The maximum Gasteiger partial charge on any atom is 0.136 e. The molecule has 1 saturated carbocycles. The largest absolute Gasteiger partial charge is 0.377 e. The molecule has 1 atom stereocenters. The molecule has 2 aliphatic rings. The lowest BCUT2D eigenvalue weighted by Crippen LogP contribution is -2.45. The Balaban J connectivity index is 1.91. The second-order valence-corrected chi connectivity index (χ2v) is 5.32. The van der Waals surface area contributed by atoms with E-state index in [1.165, 1.54) is 12.8 Å². The molecule has 1 aromatic rings. The van der Waals surface area contributed by atoms with Crippen molar-refractivity contribution >= 4 is 11.6 Å². The predicted molar refractivity (Wildman–Crippen MR) is 75.8 cm³/mol. The van der Waals surface area contributed by atoms with Crippen LogP contribution >= 0.6 is 0 Å². The second kappa shape index (κ2) is 5.33. The number of aromatic nitrogens is 2. The summed E-state index contributed by atoms with van der Waals surface area (Å²) in [5.74, 6) is 3.56. The first-order valence-corrected chi connectivity index (χ1v) is 7.23. The topological polar surface area (TPSA) is 50.3 Å². The van der Waals surface area contributed by atoms with Crippen LogP contribution in [0.3, 0.4) is 0 Å². The highest BCUT2D eigenvalue weighted by Gasteiger charge is 2.29. The van der Waals surface area contributed by atoms with Gasteiger partial charge in [-0.2, -0.15) is 0 Å². The van der Waals surface area contributed by atoms with Crippen LogP contribution in [0, 0.1) is 0 Å². The van der Waals surface area contributed by atoms with Crippen molar-refractivity contribution < 1.29 is 4.74 Å². The van der Waals surface area contributed by atoms with Crippen LogP contribution < -0.4 is 10.2 Å². The van der Waals surface area contributed by atoms with E-state index >= 15 is 0 Å². The Morgan fingerprint density at radius 2 is 2.26 bits per heavy atom. The van der Waals surface area contributed by atoms with Crippen molar-refractivity contribution in [2.45, 2.75) is 38.1 Å². The monoisotopic (exact) mass is 262 g/mol. The fourth-order valence-electron chi connectivity index (χ4n) is 2.55. The summed E-state index contributed by atoms with van der Waals surface area (Å²) in [7, 11) is 1.92. The maximum atomic E-state index is 5.57. The Bertz CT molecular complexity index is 447. The van der Waals surface area contributed by atoms with E-state index in [1.807, 2.05) is 7.05 Å². The van der Waals surface area contributed by atoms with Gasteiger partial charge in [-0.1, -0.05) is 6.92 Å². The molecule has 1 N–H and O–H groups in total. The van der Waals surface area contributed by atoms with Crippen molar-refractivity contribution in [3.8, 4) is 0 Å². The van der Waals surface area contributed by atoms with Crippen LogP contribution in [0.25, 0.3) is 0 Å². The molecule has 0 bridgehead atoms. The Kier molecular flexibility index (Phi) is 3.55. The molecule has 5 nitrogen and oxygen atoms in total. The van der Waals surface area contributed by atoms with E-state index in [2.05, 4.69) is 28.2 Å². The van der Waals surface area contributed by atoms with E-state index in [0.717, 1.165) is 43.6 Å². The van der Waals surface area contributed by atoms with Gasteiger partial charge in [-0.25, -0.2) is 9.97 Å². The normalized spacial score (nSPS) is 23.5. The minimum Gasteiger partial charge on any atom is -0.377 e. The molecule has 2 fully saturated rings. The standard InChI is InChI=1S/C14H22N4O/c1-3-11-9-19-7-6-18(11)13-8-12(15-2)16-14(17-13)10-4-5-10/h8,10-11H,3-7,9H2,1-2H3,(H,15,16,17). The molecule has 19 heavy (non-hydrogen) atoms. The first-order valence-electron chi connectivity index (χ1n) is 7.23. The third-order valence-electron chi connectivity index (χ3n) is 3.92. The van der Waals surface area contributed by atoms with E-state index in [-0.39, 0.29) is 0 Å². The second-order valence-electron chi connectivity index (χ2n) is 5.32. The molecular weight excluding hydrogens is 240 g/mol. The maximum absolute atomic E-state index is 5.57. The number of hydrogen-bond donors (Lipinski definition) is 1. The molecule has 0 aromatic carbocycles. The molecule has 1 aliphatic carbocycles.